The molecule has 4 rings (SSSR count). The minimum atomic E-state index is -2.76. The van der Waals surface area contributed by atoms with Gasteiger partial charge in [0.05, 0.1) is 26.5 Å². The molecule has 2 N–H and O–H groups in total. The number of halogens is 7. The lowest BCUT2D eigenvalue weighted by Gasteiger charge is -2.35. The molecule has 2 aromatic rings. The number of carbonyl (C=O) groups is 2. The number of aryl methyl sites for hydroxylation is 1. The molecule has 176 valence electrons. The van der Waals surface area contributed by atoms with Crippen molar-refractivity contribution in [2.24, 2.45) is 5.92 Å². The Bertz CT molecular complexity index is 1130. The maximum Gasteiger partial charge on any atom is 0.253 e. The van der Waals surface area contributed by atoms with Gasteiger partial charge in [-0.25, -0.2) is 8.78 Å². The zero-order valence-electron chi connectivity index (χ0n) is 17.0. The highest BCUT2D eigenvalue weighted by atomic mass is 35.5. The first-order valence-electron chi connectivity index (χ1n) is 9.92. The van der Waals surface area contributed by atoms with Gasteiger partial charge >= 0.3 is 0 Å². The van der Waals surface area contributed by atoms with Crippen molar-refractivity contribution in [1.29, 1.82) is 0 Å². The van der Waals surface area contributed by atoms with E-state index < -0.39 is 52.8 Å². The zero-order chi connectivity index (χ0) is 24.3. The summed E-state index contributed by atoms with van der Waals surface area (Å²) in [6.07, 6.45) is -0.838. The van der Waals surface area contributed by atoms with Crippen LogP contribution in [0.3, 0.4) is 0 Å². The van der Waals surface area contributed by atoms with Crippen molar-refractivity contribution in [2.45, 2.75) is 42.0 Å². The molecule has 2 aromatic carbocycles. The molecule has 11 heteroatoms. The van der Waals surface area contributed by atoms with Crippen LogP contribution < -0.4 is 10.6 Å². The second-order valence-corrected chi connectivity index (χ2v) is 11.0. The summed E-state index contributed by atoms with van der Waals surface area (Å²) in [7, 11) is 0. The van der Waals surface area contributed by atoms with Crippen LogP contribution in [0.1, 0.15) is 40.2 Å². The second kappa shape index (κ2) is 8.72. The minimum absolute atomic E-state index is 0.0557. The first kappa shape index (κ1) is 24.8. The van der Waals surface area contributed by atoms with Crippen LogP contribution in [0.2, 0.25) is 15.1 Å². The summed E-state index contributed by atoms with van der Waals surface area (Å²) in [5.41, 5.74) is 1.75. The van der Waals surface area contributed by atoms with Gasteiger partial charge in [-0.05, 0) is 42.3 Å². The Hall–Kier alpha value is -1.31. The van der Waals surface area contributed by atoms with Crippen LogP contribution in [0.4, 0.5) is 14.5 Å². The number of nitrogens with one attached hydrogen (secondary N) is 2. The lowest BCUT2D eigenvalue weighted by Crippen LogP contribution is -2.50. The van der Waals surface area contributed by atoms with E-state index in [2.05, 4.69) is 10.6 Å². The molecular weight excluding hydrogens is 540 g/mol. The quantitative estimate of drug-likeness (QED) is 0.390. The number of anilines is 1. The van der Waals surface area contributed by atoms with E-state index in [0.717, 1.165) is 5.56 Å². The Kier molecular flexibility index (Phi) is 6.56. The van der Waals surface area contributed by atoms with Gasteiger partial charge in [0.15, 0.2) is 0 Å². The van der Waals surface area contributed by atoms with Crippen molar-refractivity contribution in [3.63, 3.8) is 0 Å². The van der Waals surface area contributed by atoms with Crippen molar-refractivity contribution < 1.29 is 18.4 Å². The van der Waals surface area contributed by atoms with Crippen LogP contribution in [0.15, 0.2) is 30.3 Å². The molecule has 0 spiro atoms. The Morgan fingerprint density at radius 3 is 2.30 bits per heavy atom. The number of benzene rings is 2. The lowest BCUT2D eigenvalue weighted by atomic mass is 9.88. The summed E-state index contributed by atoms with van der Waals surface area (Å²) in [6.45, 7) is 1.78. The maximum absolute atomic E-state index is 13.0. The average Bonchev–Trinajstić information content (AvgIpc) is 3.27. The molecule has 0 aliphatic heterocycles. The van der Waals surface area contributed by atoms with Crippen LogP contribution in [0, 0.1) is 12.8 Å². The Labute approximate surface area is 213 Å². The van der Waals surface area contributed by atoms with Gasteiger partial charge in [0, 0.05) is 30.5 Å². The van der Waals surface area contributed by atoms with Crippen LogP contribution >= 0.6 is 58.0 Å². The molecule has 4 nitrogen and oxygen atoms in total. The number of rotatable bonds is 5. The molecular formula is C22H17Cl5F2N2O2. The van der Waals surface area contributed by atoms with E-state index in [0.29, 0.717) is 15.6 Å². The maximum atomic E-state index is 13.0. The Balaban J connectivity index is 1.47. The van der Waals surface area contributed by atoms with E-state index in [1.807, 2.05) is 0 Å². The van der Waals surface area contributed by atoms with Crippen LogP contribution in [-0.4, -0.2) is 28.1 Å². The van der Waals surface area contributed by atoms with Gasteiger partial charge in [0.1, 0.15) is 4.33 Å². The van der Waals surface area contributed by atoms with Gasteiger partial charge < -0.3 is 10.6 Å². The monoisotopic (exact) mass is 554 g/mol. The molecule has 0 unspecified atom stereocenters. The highest BCUT2D eigenvalue weighted by Crippen LogP contribution is 2.65. The molecule has 2 aliphatic rings. The van der Waals surface area contributed by atoms with Crippen LogP contribution in [0.5, 0.6) is 0 Å². The fraction of sp³-hybridized carbons (Fsp3) is 0.364. The number of amides is 2. The lowest BCUT2D eigenvalue weighted by molar-refractivity contribution is -0.117. The SMILES string of the molecule is Cc1cc([C@H]2[C@H](C(=O)Nc3ccc(Cl)c(C(=O)NC4CC(F)(F)C4)c3)C2(Cl)Cl)cc(Cl)c1Cl. The molecule has 0 radical (unpaired) electrons. The molecule has 2 atom stereocenters. The van der Waals surface area contributed by atoms with E-state index in [1.54, 1.807) is 19.1 Å². The van der Waals surface area contributed by atoms with E-state index in [1.165, 1.54) is 18.2 Å². The zero-order valence-corrected chi connectivity index (χ0v) is 20.8. The molecule has 0 bridgehead atoms. The Morgan fingerprint density at radius 2 is 1.70 bits per heavy atom. The normalized spacial score (nSPS) is 22.9. The number of hydrogen-bond acceptors (Lipinski definition) is 2. The highest BCUT2D eigenvalue weighted by Gasteiger charge is 2.67. The van der Waals surface area contributed by atoms with Crippen molar-refractivity contribution in [3.8, 4) is 0 Å². The van der Waals surface area contributed by atoms with E-state index >= 15 is 0 Å². The van der Waals surface area contributed by atoms with Gasteiger partial charge in [-0.2, -0.15) is 0 Å². The van der Waals surface area contributed by atoms with Gasteiger partial charge in [0.25, 0.3) is 11.8 Å². The standard InChI is InChI=1S/C22H17Cl5F2N2O2/c1-9-4-10(5-15(24)18(9)25)16-17(22(16,26)27)20(33)30-11-2-3-14(23)13(6-11)19(32)31-12-7-21(28,29)8-12/h2-6,12,16-17H,7-8H2,1H3,(H,30,33)(H,31,32)/t16-,17+/m0/s1. The molecule has 2 saturated carbocycles. The predicted molar refractivity (Wildman–Crippen MR) is 127 cm³/mol. The minimum Gasteiger partial charge on any atom is -0.349 e. The molecule has 0 aromatic heterocycles. The topological polar surface area (TPSA) is 58.2 Å². The third-order valence-corrected chi connectivity index (χ3v) is 8.00. The fourth-order valence-corrected chi connectivity index (χ4v) is 5.44. The summed E-state index contributed by atoms with van der Waals surface area (Å²) in [4.78, 5) is 25.4. The first-order chi connectivity index (χ1) is 15.3. The first-order valence-corrected chi connectivity index (χ1v) is 11.8. The van der Waals surface area contributed by atoms with Gasteiger partial charge in [-0.15, -0.1) is 23.2 Å². The van der Waals surface area contributed by atoms with E-state index in [9.17, 15) is 18.4 Å². The van der Waals surface area contributed by atoms with Crippen LogP contribution in [-0.2, 0) is 4.79 Å². The number of alkyl halides is 4. The highest BCUT2D eigenvalue weighted by molar-refractivity contribution is 6.53. The van der Waals surface area contributed by atoms with Gasteiger partial charge in [0.2, 0.25) is 5.91 Å². The number of carbonyl (C=O) groups excluding carboxylic acids is 2. The van der Waals surface area contributed by atoms with Crippen molar-refractivity contribution >= 4 is 75.5 Å². The molecule has 2 aliphatic carbocycles. The third kappa shape index (κ3) is 4.92. The molecule has 0 heterocycles. The fourth-order valence-electron chi connectivity index (χ4n) is 4.02. The van der Waals surface area contributed by atoms with Crippen LogP contribution in [0.25, 0.3) is 0 Å². The molecule has 2 fully saturated rings. The summed E-state index contributed by atoms with van der Waals surface area (Å²) < 4.78 is 24.7. The molecule has 2 amide bonds. The smallest absolute Gasteiger partial charge is 0.253 e. The summed E-state index contributed by atoms with van der Waals surface area (Å²) >= 11 is 31.2. The van der Waals surface area contributed by atoms with Crippen molar-refractivity contribution in [2.75, 3.05) is 5.32 Å². The third-order valence-electron chi connectivity index (χ3n) is 5.83. The molecule has 0 saturated heterocycles. The number of hydrogen-bond donors (Lipinski definition) is 2. The average molecular weight is 557 g/mol. The second-order valence-electron chi connectivity index (χ2n) is 8.38. The summed E-state index contributed by atoms with van der Waals surface area (Å²) in [5, 5.41) is 6.08. The van der Waals surface area contributed by atoms with Gasteiger partial charge in [-0.1, -0.05) is 40.9 Å². The summed E-state index contributed by atoms with van der Waals surface area (Å²) in [6, 6.07) is 7.10. The van der Waals surface area contributed by atoms with Crippen molar-refractivity contribution in [3.05, 3.63) is 62.1 Å². The van der Waals surface area contributed by atoms with Gasteiger partial charge in [-0.3, -0.25) is 9.59 Å². The summed E-state index contributed by atoms with van der Waals surface area (Å²) in [5.74, 6) is -5.11. The predicted octanol–water partition coefficient (Wildman–Crippen LogP) is 7.01. The van der Waals surface area contributed by atoms with Crippen molar-refractivity contribution in [1.82, 2.24) is 5.32 Å². The largest absolute Gasteiger partial charge is 0.349 e. The Morgan fingerprint density at radius 1 is 1.03 bits per heavy atom. The van der Waals surface area contributed by atoms with E-state index in [4.69, 9.17) is 58.0 Å². The molecule has 33 heavy (non-hydrogen) atoms. The van der Waals surface area contributed by atoms with E-state index in [-0.39, 0.29) is 16.3 Å².